The molecule has 1 aromatic rings. The minimum absolute atomic E-state index is 0.226. The minimum atomic E-state index is -0.735. The fourth-order valence-electron chi connectivity index (χ4n) is 2.63. The Kier molecular flexibility index (Phi) is 4.79. The SMILES string of the molecule is C=Cc1cc(C2COC(C)(C)N2C(=O)OC(C)(C)C)ccc1Cl. The first kappa shape index (κ1) is 17.8. The van der Waals surface area contributed by atoms with Crippen LogP contribution in [0, 0.1) is 0 Å². The maximum absolute atomic E-state index is 12.7. The van der Waals surface area contributed by atoms with Gasteiger partial charge in [-0.1, -0.05) is 30.3 Å². The number of ether oxygens (including phenoxy) is 2. The Labute approximate surface area is 143 Å². The van der Waals surface area contributed by atoms with Crippen LogP contribution in [-0.4, -0.2) is 28.9 Å². The van der Waals surface area contributed by atoms with Gasteiger partial charge < -0.3 is 9.47 Å². The third-order valence-electron chi connectivity index (χ3n) is 3.70. The molecule has 5 heteroatoms. The zero-order valence-corrected chi connectivity index (χ0v) is 15.1. The molecule has 1 aliphatic heterocycles. The van der Waals surface area contributed by atoms with Crippen molar-refractivity contribution in [2.75, 3.05) is 6.61 Å². The van der Waals surface area contributed by atoms with E-state index in [0.29, 0.717) is 11.6 Å². The summed E-state index contributed by atoms with van der Waals surface area (Å²) in [4.78, 5) is 14.3. The molecule has 0 saturated carbocycles. The van der Waals surface area contributed by atoms with E-state index in [0.717, 1.165) is 11.1 Å². The second-order valence-corrected chi connectivity index (χ2v) is 7.52. The number of rotatable bonds is 2. The van der Waals surface area contributed by atoms with Crippen molar-refractivity contribution in [2.24, 2.45) is 0 Å². The zero-order chi connectivity index (χ0) is 17.4. The van der Waals surface area contributed by atoms with Crippen molar-refractivity contribution in [2.45, 2.75) is 52.0 Å². The summed E-state index contributed by atoms with van der Waals surface area (Å²) in [6, 6.07) is 5.42. The lowest BCUT2D eigenvalue weighted by atomic mass is 10.0. The summed E-state index contributed by atoms with van der Waals surface area (Å²) in [6.07, 6.45) is 1.31. The van der Waals surface area contributed by atoms with Gasteiger partial charge in [0.15, 0.2) is 0 Å². The van der Waals surface area contributed by atoms with E-state index in [9.17, 15) is 4.79 Å². The Hall–Kier alpha value is -1.52. The molecule has 0 aliphatic carbocycles. The number of amides is 1. The molecule has 0 N–H and O–H groups in total. The summed E-state index contributed by atoms with van der Waals surface area (Å²) in [5.74, 6) is 0. The topological polar surface area (TPSA) is 38.8 Å². The Morgan fingerprint density at radius 3 is 2.70 bits per heavy atom. The first-order valence-electron chi connectivity index (χ1n) is 7.63. The molecule has 1 amide bonds. The lowest BCUT2D eigenvalue weighted by molar-refractivity contribution is -0.0626. The molecule has 0 spiro atoms. The van der Waals surface area contributed by atoms with Crippen LogP contribution >= 0.6 is 11.6 Å². The van der Waals surface area contributed by atoms with Crippen molar-refractivity contribution in [3.05, 3.63) is 40.9 Å². The molecule has 23 heavy (non-hydrogen) atoms. The molecule has 0 bridgehead atoms. The van der Waals surface area contributed by atoms with Crippen LogP contribution in [0.15, 0.2) is 24.8 Å². The van der Waals surface area contributed by atoms with Crippen LogP contribution < -0.4 is 0 Å². The summed E-state index contributed by atoms with van der Waals surface area (Å²) < 4.78 is 11.4. The highest BCUT2D eigenvalue weighted by atomic mass is 35.5. The van der Waals surface area contributed by atoms with Gasteiger partial charge in [-0.3, -0.25) is 4.90 Å². The maximum atomic E-state index is 12.7. The highest BCUT2D eigenvalue weighted by molar-refractivity contribution is 6.32. The molecular formula is C18H24ClNO3. The van der Waals surface area contributed by atoms with Gasteiger partial charge >= 0.3 is 6.09 Å². The van der Waals surface area contributed by atoms with Crippen LogP contribution in [0.1, 0.15) is 51.8 Å². The van der Waals surface area contributed by atoms with Gasteiger partial charge in [0.1, 0.15) is 11.3 Å². The van der Waals surface area contributed by atoms with Crippen molar-refractivity contribution in [1.82, 2.24) is 4.90 Å². The van der Waals surface area contributed by atoms with Crippen molar-refractivity contribution in [3.63, 3.8) is 0 Å². The van der Waals surface area contributed by atoms with E-state index in [1.165, 1.54) is 0 Å². The van der Waals surface area contributed by atoms with Gasteiger partial charge in [-0.2, -0.15) is 0 Å². The van der Waals surface area contributed by atoms with E-state index in [1.807, 2.05) is 52.8 Å². The lowest BCUT2D eigenvalue weighted by Gasteiger charge is -2.35. The average molecular weight is 338 g/mol. The molecule has 1 atom stereocenters. The molecule has 1 unspecified atom stereocenters. The Bertz CT molecular complexity index is 619. The largest absolute Gasteiger partial charge is 0.444 e. The first-order chi connectivity index (χ1) is 10.5. The summed E-state index contributed by atoms with van der Waals surface area (Å²) in [5.41, 5.74) is 0.479. The van der Waals surface area contributed by atoms with E-state index in [1.54, 1.807) is 11.0 Å². The molecule has 0 aromatic heterocycles. The second kappa shape index (κ2) is 6.17. The van der Waals surface area contributed by atoms with E-state index < -0.39 is 11.3 Å². The molecule has 1 heterocycles. The van der Waals surface area contributed by atoms with E-state index in [4.69, 9.17) is 21.1 Å². The number of halogens is 1. The molecule has 1 saturated heterocycles. The number of carbonyl (C=O) groups excluding carboxylic acids is 1. The van der Waals surface area contributed by atoms with Crippen molar-refractivity contribution >= 4 is 23.8 Å². The van der Waals surface area contributed by atoms with Gasteiger partial charge in [-0.15, -0.1) is 0 Å². The molecular weight excluding hydrogens is 314 g/mol. The van der Waals surface area contributed by atoms with Gasteiger partial charge in [0.05, 0.1) is 12.6 Å². The number of hydrogen-bond acceptors (Lipinski definition) is 3. The molecule has 1 aromatic carbocycles. The van der Waals surface area contributed by atoms with Crippen LogP contribution in [0.25, 0.3) is 6.08 Å². The summed E-state index contributed by atoms with van der Waals surface area (Å²) >= 11 is 6.14. The highest BCUT2D eigenvalue weighted by Crippen LogP contribution is 2.38. The summed E-state index contributed by atoms with van der Waals surface area (Å²) in [7, 11) is 0. The minimum Gasteiger partial charge on any atom is -0.444 e. The number of nitrogens with zero attached hydrogens (tertiary/aromatic N) is 1. The molecule has 1 fully saturated rings. The Balaban J connectivity index is 2.37. The van der Waals surface area contributed by atoms with Gasteiger partial charge in [-0.05, 0) is 57.9 Å². The van der Waals surface area contributed by atoms with E-state index in [-0.39, 0.29) is 12.1 Å². The van der Waals surface area contributed by atoms with E-state index in [2.05, 4.69) is 6.58 Å². The third kappa shape index (κ3) is 3.88. The van der Waals surface area contributed by atoms with Gasteiger partial charge in [-0.25, -0.2) is 4.79 Å². The molecule has 4 nitrogen and oxygen atoms in total. The van der Waals surface area contributed by atoms with Crippen molar-refractivity contribution in [1.29, 1.82) is 0 Å². The lowest BCUT2D eigenvalue weighted by Crippen LogP contribution is -2.47. The van der Waals surface area contributed by atoms with Gasteiger partial charge in [0, 0.05) is 5.02 Å². The summed E-state index contributed by atoms with van der Waals surface area (Å²) in [5, 5.41) is 0.630. The Morgan fingerprint density at radius 2 is 2.13 bits per heavy atom. The van der Waals surface area contributed by atoms with Crippen LogP contribution in [-0.2, 0) is 9.47 Å². The van der Waals surface area contributed by atoms with Crippen LogP contribution in [0.4, 0.5) is 4.79 Å². The molecule has 126 valence electrons. The number of carbonyl (C=O) groups is 1. The average Bonchev–Trinajstić information content (AvgIpc) is 2.73. The zero-order valence-electron chi connectivity index (χ0n) is 14.4. The quantitative estimate of drug-likeness (QED) is 0.760. The van der Waals surface area contributed by atoms with Gasteiger partial charge in [0.25, 0.3) is 0 Å². The smallest absolute Gasteiger partial charge is 0.413 e. The molecule has 2 rings (SSSR count). The maximum Gasteiger partial charge on any atom is 0.413 e. The summed E-state index contributed by atoms with van der Waals surface area (Å²) in [6.45, 7) is 13.4. The number of benzene rings is 1. The second-order valence-electron chi connectivity index (χ2n) is 7.11. The van der Waals surface area contributed by atoms with Crippen LogP contribution in [0.2, 0.25) is 5.02 Å². The predicted octanol–water partition coefficient (Wildman–Crippen LogP) is 5.03. The highest BCUT2D eigenvalue weighted by Gasteiger charge is 2.46. The van der Waals surface area contributed by atoms with Crippen LogP contribution in [0.5, 0.6) is 0 Å². The first-order valence-corrected chi connectivity index (χ1v) is 8.01. The van der Waals surface area contributed by atoms with Crippen molar-refractivity contribution in [3.8, 4) is 0 Å². The fourth-order valence-corrected chi connectivity index (χ4v) is 2.83. The molecule has 0 radical (unpaired) electrons. The fraction of sp³-hybridized carbons (Fsp3) is 0.500. The molecule has 1 aliphatic rings. The monoisotopic (exact) mass is 337 g/mol. The number of hydrogen-bond donors (Lipinski definition) is 0. The predicted molar refractivity (Wildman–Crippen MR) is 92.4 cm³/mol. The van der Waals surface area contributed by atoms with Crippen molar-refractivity contribution < 1.29 is 14.3 Å². The Morgan fingerprint density at radius 1 is 1.48 bits per heavy atom. The van der Waals surface area contributed by atoms with E-state index >= 15 is 0 Å². The van der Waals surface area contributed by atoms with Gasteiger partial charge in [0.2, 0.25) is 0 Å². The standard InChI is InChI=1S/C18H24ClNO3/c1-7-12-10-13(8-9-14(12)19)15-11-22-18(5,6)20(15)16(21)23-17(2,3)4/h7-10,15H,1,11H2,2-6H3. The normalized spacial score (nSPS) is 20.4. The third-order valence-corrected chi connectivity index (χ3v) is 4.05. The van der Waals surface area contributed by atoms with Crippen LogP contribution in [0.3, 0.4) is 0 Å².